The van der Waals surface area contributed by atoms with Gasteiger partial charge in [-0.2, -0.15) is 0 Å². The Morgan fingerprint density at radius 2 is 2.35 bits per heavy atom. The lowest BCUT2D eigenvalue weighted by Gasteiger charge is -2.12. The Bertz CT molecular complexity index is 423. The Morgan fingerprint density at radius 3 is 3.06 bits per heavy atom. The number of phenolic OH excluding ortho intramolecular Hbond substituents is 1. The van der Waals surface area contributed by atoms with Gasteiger partial charge in [0.25, 0.3) is 0 Å². The molecule has 4 nitrogen and oxygen atoms in total. The summed E-state index contributed by atoms with van der Waals surface area (Å²) in [6.45, 7) is 1.25. The van der Waals surface area contributed by atoms with Crippen molar-refractivity contribution in [2.75, 3.05) is 6.54 Å². The molecule has 2 rings (SSSR count). The van der Waals surface area contributed by atoms with Crippen molar-refractivity contribution in [2.45, 2.75) is 25.4 Å². The summed E-state index contributed by atoms with van der Waals surface area (Å²) in [5, 5.41) is 16.1. The van der Waals surface area contributed by atoms with Crippen LogP contribution in [0, 0.1) is 0 Å². The van der Waals surface area contributed by atoms with E-state index in [4.69, 9.17) is 11.6 Å². The summed E-state index contributed by atoms with van der Waals surface area (Å²) in [6, 6.07) is 5.47. The van der Waals surface area contributed by atoms with Gasteiger partial charge in [-0.3, -0.25) is 4.79 Å². The van der Waals surface area contributed by atoms with Gasteiger partial charge in [0.1, 0.15) is 5.75 Å². The molecule has 0 saturated carbocycles. The summed E-state index contributed by atoms with van der Waals surface area (Å²) in [5.41, 5.74) is 0.766. The third-order valence-corrected chi connectivity index (χ3v) is 3.17. The van der Waals surface area contributed by atoms with E-state index in [0.717, 1.165) is 12.0 Å². The van der Waals surface area contributed by atoms with E-state index in [1.54, 1.807) is 12.1 Å². The van der Waals surface area contributed by atoms with Gasteiger partial charge in [-0.1, -0.05) is 23.7 Å². The van der Waals surface area contributed by atoms with Crippen molar-refractivity contribution in [3.63, 3.8) is 0 Å². The Hall–Kier alpha value is -1.26. The number of benzene rings is 1. The number of amides is 1. The maximum Gasteiger partial charge on any atom is 0.220 e. The molecular formula is C12H15ClN2O2. The van der Waals surface area contributed by atoms with E-state index in [9.17, 15) is 9.90 Å². The van der Waals surface area contributed by atoms with Gasteiger partial charge in [0.2, 0.25) is 5.91 Å². The lowest BCUT2D eigenvalue weighted by molar-refractivity contribution is -0.119. The van der Waals surface area contributed by atoms with Crippen LogP contribution in [-0.2, 0) is 11.3 Å². The van der Waals surface area contributed by atoms with E-state index in [1.807, 2.05) is 6.07 Å². The molecule has 1 unspecified atom stereocenters. The third kappa shape index (κ3) is 3.11. The quantitative estimate of drug-likeness (QED) is 0.762. The molecule has 1 fully saturated rings. The van der Waals surface area contributed by atoms with Crippen LogP contribution in [0.1, 0.15) is 18.4 Å². The van der Waals surface area contributed by atoms with E-state index in [2.05, 4.69) is 10.6 Å². The van der Waals surface area contributed by atoms with Crippen molar-refractivity contribution in [3.05, 3.63) is 28.8 Å². The molecule has 1 saturated heterocycles. The van der Waals surface area contributed by atoms with Gasteiger partial charge >= 0.3 is 0 Å². The second kappa shape index (κ2) is 5.38. The highest BCUT2D eigenvalue weighted by Gasteiger charge is 2.19. The summed E-state index contributed by atoms with van der Waals surface area (Å²) < 4.78 is 0. The first-order chi connectivity index (χ1) is 8.16. The summed E-state index contributed by atoms with van der Waals surface area (Å²) in [7, 11) is 0. The first-order valence-electron chi connectivity index (χ1n) is 5.63. The predicted octanol–water partition coefficient (Wildman–Crippen LogP) is 1.41. The van der Waals surface area contributed by atoms with E-state index in [1.165, 1.54) is 0 Å². The van der Waals surface area contributed by atoms with Gasteiger partial charge in [0, 0.05) is 31.1 Å². The van der Waals surface area contributed by atoms with E-state index >= 15 is 0 Å². The lowest BCUT2D eigenvalue weighted by Crippen LogP contribution is -2.35. The average molecular weight is 255 g/mol. The fraction of sp³-hybridized carbons (Fsp3) is 0.417. The van der Waals surface area contributed by atoms with Crippen LogP contribution in [0.4, 0.5) is 0 Å². The van der Waals surface area contributed by atoms with Gasteiger partial charge in [0.15, 0.2) is 0 Å². The van der Waals surface area contributed by atoms with Gasteiger partial charge < -0.3 is 15.7 Å². The molecule has 1 amide bonds. The van der Waals surface area contributed by atoms with E-state index < -0.39 is 0 Å². The second-order valence-corrected chi connectivity index (χ2v) is 4.59. The maximum absolute atomic E-state index is 11.0. The van der Waals surface area contributed by atoms with Crippen molar-refractivity contribution in [2.24, 2.45) is 0 Å². The Morgan fingerprint density at radius 1 is 1.53 bits per heavy atom. The zero-order valence-electron chi connectivity index (χ0n) is 9.37. The molecule has 1 atom stereocenters. The number of rotatable bonds is 4. The molecule has 3 N–H and O–H groups in total. The number of halogens is 1. The molecule has 0 aromatic heterocycles. The first kappa shape index (κ1) is 12.2. The van der Waals surface area contributed by atoms with Gasteiger partial charge in [-0.05, 0) is 12.5 Å². The molecule has 1 aromatic carbocycles. The molecule has 1 aromatic rings. The Kier molecular flexibility index (Phi) is 3.86. The van der Waals surface area contributed by atoms with Gasteiger partial charge in [-0.15, -0.1) is 0 Å². The van der Waals surface area contributed by atoms with Crippen molar-refractivity contribution in [3.8, 4) is 5.75 Å². The molecule has 0 aliphatic carbocycles. The fourth-order valence-electron chi connectivity index (χ4n) is 1.91. The third-order valence-electron chi connectivity index (χ3n) is 2.86. The molecule has 5 heteroatoms. The number of carbonyl (C=O) groups is 1. The minimum absolute atomic E-state index is 0.113. The molecule has 17 heavy (non-hydrogen) atoms. The average Bonchev–Trinajstić information content (AvgIpc) is 2.70. The molecular weight excluding hydrogens is 240 g/mol. The smallest absolute Gasteiger partial charge is 0.220 e. The zero-order valence-corrected chi connectivity index (χ0v) is 10.1. The van der Waals surface area contributed by atoms with Crippen LogP contribution in [0.3, 0.4) is 0 Å². The van der Waals surface area contributed by atoms with Gasteiger partial charge in [-0.25, -0.2) is 0 Å². The number of para-hydroxylation sites is 1. The second-order valence-electron chi connectivity index (χ2n) is 4.18. The number of hydrogen-bond donors (Lipinski definition) is 3. The molecule has 1 aliphatic heterocycles. The van der Waals surface area contributed by atoms with Crippen molar-refractivity contribution < 1.29 is 9.90 Å². The highest BCUT2D eigenvalue weighted by molar-refractivity contribution is 6.32. The number of nitrogens with one attached hydrogen (secondary N) is 2. The molecule has 92 valence electrons. The molecule has 0 spiro atoms. The van der Waals surface area contributed by atoms with Crippen LogP contribution in [0.25, 0.3) is 0 Å². The van der Waals surface area contributed by atoms with Crippen LogP contribution < -0.4 is 10.6 Å². The normalized spacial score (nSPS) is 19.4. The number of hydrogen-bond acceptors (Lipinski definition) is 3. The predicted molar refractivity (Wildman–Crippen MR) is 66.0 cm³/mol. The van der Waals surface area contributed by atoms with Crippen molar-refractivity contribution in [1.29, 1.82) is 0 Å². The molecule has 0 bridgehead atoms. The molecule has 1 aliphatic rings. The largest absolute Gasteiger partial charge is 0.506 e. The standard InChI is InChI=1S/C12H15ClN2O2/c13-10-3-1-2-8(12(10)17)6-14-7-9-4-5-11(16)15-9/h1-3,9,14,17H,4-7H2,(H,15,16). The number of carbonyl (C=O) groups excluding carboxylic acids is 1. The van der Waals surface area contributed by atoms with E-state index in [0.29, 0.717) is 24.5 Å². The van der Waals surface area contributed by atoms with Crippen LogP contribution in [0.15, 0.2) is 18.2 Å². The topological polar surface area (TPSA) is 61.4 Å². The highest BCUT2D eigenvalue weighted by Crippen LogP contribution is 2.26. The maximum atomic E-state index is 11.0. The van der Waals surface area contributed by atoms with Crippen LogP contribution in [-0.4, -0.2) is 23.6 Å². The lowest BCUT2D eigenvalue weighted by atomic mass is 10.2. The van der Waals surface area contributed by atoms with Gasteiger partial charge in [0.05, 0.1) is 5.02 Å². The highest BCUT2D eigenvalue weighted by atomic mass is 35.5. The van der Waals surface area contributed by atoms with Crippen LogP contribution in [0.5, 0.6) is 5.75 Å². The molecule has 1 heterocycles. The Labute approximate surface area is 105 Å². The summed E-state index contributed by atoms with van der Waals surface area (Å²) in [6.07, 6.45) is 1.47. The number of aromatic hydroxyl groups is 1. The van der Waals surface area contributed by atoms with Crippen molar-refractivity contribution in [1.82, 2.24) is 10.6 Å². The van der Waals surface area contributed by atoms with Crippen LogP contribution >= 0.6 is 11.6 Å². The zero-order chi connectivity index (χ0) is 12.3. The fourth-order valence-corrected chi connectivity index (χ4v) is 2.11. The summed E-state index contributed by atoms with van der Waals surface area (Å²) in [5.74, 6) is 0.236. The Balaban J connectivity index is 1.82. The van der Waals surface area contributed by atoms with E-state index in [-0.39, 0.29) is 17.7 Å². The van der Waals surface area contributed by atoms with Crippen molar-refractivity contribution >= 4 is 17.5 Å². The SMILES string of the molecule is O=C1CCC(CNCc2cccc(Cl)c2O)N1. The monoisotopic (exact) mass is 254 g/mol. The first-order valence-corrected chi connectivity index (χ1v) is 6.01. The molecule has 0 radical (unpaired) electrons. The van der Waals surface area contributed by atoms with Crippen LogP contribution in [0.2, 0.25) is 5.02 Å². The summed E-state index contributed by atoms with van der Waals surface area (Å²) in [4.78, 5) is 11.0. The minimum atomic E-state index is 0.113. The summed E-state index contributed by atoms with van der Waals surface area (Å²) >= 11 is 5.80. The minimum Gasteiger partial charge on any atom is -0.506 e. The number of phenols is 1.